The van der Waals surface area contributed by atoms with Crippen molar-refractivity contribution in [1.82, 2.24) is 14.9 Å². The predicted octanol–water partition coefficient (Wildman–Crippen LogP) is 3.13. The first-order chi connectivity index (χ1) is 13.1. The Labute approximate surface area is 173 Å². The van der Waals surface area contributed by atoms with Crippen LogP contribution in [0.5, 0.6) is 0 Å². The van der Waals surface area contributed by atoms with E-state index < -0.39 is 5.97 Å². The van der Waals surface area contributed by atoms with Gasteiger partial charge in [0.15, 0.2) is 5.82 Å². The summed E-state index contributed by atoms with van der Waals surface area (Å²) < 4.78 is 6.55. The molecule has 2 aromatic heterocycles. The number of thiophene rings is 1. The summed E-state index contributed by atoms with van der Waals surface area (Å²) in [5, 5.41) is 12.0. The molecule has 0 aromatic carbocycles. The van der Waals surface area contributed by atoms with Gasteiger partial charge in [0, 0.05) is 10.3 Å². The van der Waals surface area contributed by atoms with Gasteiger partial charge >= 0.3 is 5.97 Å². The number of rotatable bonds is 7. The Hall–Kier alpha value is -2.07. The second-order valence-corrected chi connectivity index (χ2v) is 9.24. The van der Waals surface area contributed by atoms with Gasteiger partial charge in [-0.15, -0.1) is 21.5 Å². The summed E-state index contributed by atoms with van der Waals surface area (Å²) in [6.45, 7) is 11.9. The minimum absolute atomic E-state index is 0.0974. The Kier molecular flexibility index (Phi) is 7.11. The number of hydrogen-bond donors (Lipinski definition) is 2. The van der Waals surface area contributed by atoms with E-state index in [1.54, 1.807) is 6.92 Å². The Morgan fingerprint density at radius 2 is 1.96 bits per heavy atom. The lowest BCUT2D eigenvalue weighted by Gasteiger charge is -2.16. The minimum Gasteiger partial charge on any atom is -0.462 e. The maximum Gasteiger partial charge on any atom is 0.341 e. The standard InChI is InChI=1S/C18H27N5O3S2/c1-7-11-10(3)13(15(25)26-8-2)14(28-11)20-12(24)9-27-17-22-21-16(23(17)19)18(4,5)6/h7-9,19H2,1-6H3,(H,20,24). The first-order valence-corrected chi connectivity index (χ1v) is 10.8. The Morgan fingerprint density at radius 1 is 1.29 bits per heavy atom. The molecule has 154 valence electrons. The molecule has 0 aliphatic heterocycles. The van der Waals surface area contributed by atoms with Crippen LogP contribution in [0.15, 0.2) is 5.16 Å². The highest BCUT2D eigenvalue weighted by atomic mass is 32.2. The third-order valence-electron chi connectivity index (χ3n) is 3.97. The fourth-order valence-electron chi connectivity index (χ4n) is 2.61. The number of nitrogen functional groups attached to an aromatic ring is 1. The summed E-state index contributed by atoms with van der Waals surface area (Å²) in [5.41, 5.74) is 1.03. The predicted molar refractivity (Wildman–Crippen MR) is 113 cm³/mol. The van der Waals surface area contributed by atoms with Crippen LogP contribution in [0.3, 0.4) is 0 Å². The van der Waals surface area contributed by atoms with Crippen LogP contribution >= 0.6 is 23.1 Å². The molecule has 2 rings (SSSR count). The molecule has 2 aromatic rings. The Morgan fingerprint density at radius 3 is 2.50 bits per heavy atom. The van der Waals surface area contributed by atoms with Gasteiger partial charge in [0.05, 0.1) is 17.9 Å². The van der Waals surface area contributed by atoms with Gasteiger partial charge in [-0.25, -0.2) is 9.47 Å². The monoisotopic (exact) mass is 425 g/mol. The van der Waals surface area contributed by atoms with Gasteiger partial charge in [0.2, 0.25) is 11.1 Å². The zero-order valence-electron chi connectivity index (χ0n) is 17.1. The molecule has 0 bridgehead atoms. The number of nitrogens with two attached hydrogens (primary N) is 1. The Balaban J connectivity index is 2.12. The first kappa shape index (κ1) is 22.2. The summed E-state index contributed by atoms with van der Waals surface area (Å²) in [6.07, 6.45) is 0.777. The first-order valence-electron chi connectivity index (χ1n) is 9.03. The molecule has 8 nitrogen and oxygen atoms in total. The largest absolute Gasteiger partial charge is 0.462 e. The number of aryl methyl sites for hydroxylation is 1. The molecule has 0 spiro atoms. The number of thioether (sulfide) groups is 1. The molecule has 0 saturated carbocycles. The topological polar surface area (TPSA) is 112 Å². The highest BCUT2D eigenvalue weighted by molar-refractivity contribution is 7.99. The molecule has 3 N–H and O–H groups in total. The van der Waals surface area contributed by atoms with E-state index in [1.165, 1.54) is 27.8 Å². The summed E-state index contributed by atoms with van der Waals surface area (Å²) in [4.78, 5) is 25.8. The number of nitrogens with one attached hydrogen (secondary N) is 1. The number of amides is 1. The van der Waals surface area contributed by atoms with E-state index in [2.05, 4.69) is 15.5 Å². The quantitative estimate of drug-likeness (QED) is 0.398. The maximum absolute atomic E-state index is 12.5. The van der Waals surface area contributed by atoms with Gasteiger partial charge in [-0.05, 0) is 25.8 Å². The van der Waals surface area contributed by atoms with Crippen LogP contribution in [-0.4, -0.2) is 39.1 Å². The summed E-state index contributed by atoms with van der Waals surface area (Å²) in [6, 6.07) is 0. The van der Waals surface area contributed by atoms with Crippen LogP contribution < -0.4 is 11.2 Å². The lowest BCUT2D eigenvalue weighted by Crippen LogP contribution is -2.24. The van der Waals surface area contributed by atoms with Crippen LogP contribution in [0, 0.1) is 6.92 Å². The van der Waals surface area contributed by atoms with Crippen LogP contribution in [-0.2, 0) is 21.4 Å². The van der Waals surface area contributed by atoms with Gasteiger partial charge < -0.3 is 15.9 Å². The van der Waals surface area contributed by atoms with Gasteiger partial charge in [-0.1, -0.05) is 39.5 Å². The summed E-state index contributed by atoms with van der Waals surface area (Å²) in [7, 11) is 0. The third kappa shape index (κ3) is 4.85. The number of carbonyl (C=O) groups excluding carboxylic acids is 2. The Bertz CT molecular complexity index is 867. The lowest BCUT2D eigenvalue weighted by molar-refractivity contribution is -0.113. The van der Waals surface area contributed by atoms with Crippen LogP contribution in [0.1, 0.15) is 61.2 Å². The zero-order chi connectivity index (χ0) is 21.1. The molecule has 2 heterocycles. The van der Waals surface area contributed by atoms with Gasteiger partial charge in [0.1, 0.15) is 5.00 Å². The molecule has 0 fully saturated rings. The van der Waals surface area contributed by atoms with Crippen LogP contribution in [0.25, 0.3) is 0 Å². The van der Waals surface area contributed by atoms with Crippen LogP contribution in [0.4, 0.5) is 5.00 Å². The lowest BCUT2D eigenvalue weighted by atomic mass is 9.96. The van der Waals surface area contributed by atoms with Crippen molar-refractivity contribution in [3.05, 3.63) is 21.8 Å². The molecular formula is C18H27N5O3S2. The van der Waals surface area contributed by atoms with E-state index in [0.29, 0.717) is 21.5 Å². The SMILES string of the molecule is CCOC(=O)c1c(NC(=O)CSc2nnc(C(C)(C)C)n2N)sc(CC)c1C. The van der Waals surface area contributed by atoms with E-state index in [1.807, 2.05) is 34.6 Å². The van der Waals surface area contributed by atoms with Crippen molar-refractivity contribution in [3.8, 4) is 0 Å². The highest BCUT2D eigenvalue weighted by Crippen LogP contribution is 2.34. The second kappa shape index (κ2) is 8.95. The number of hydrogen-bond acceptors (Lipinski definition) is 8. The second-order valence-electron chi connectivity index (χ2n) is 7.19. The van der Waals surface area contributed by atoms with Crippen molar-refractivity contribution >= 4 is 40.0 Å². The molecule has 1 amide bonds. The van der Waals surface area contributed by atoms with E-state index in [4.69, 9.17) is 10.6 Å². The fourth-order valence-corrected chi connectivity index (χ4v) is 4.42. The molecule has 0 aliphatic carbocycles. The van der Waals surface area contributed by atoms with Crippen molar-refractivity contribution in [2.75, 3.05) is 23.5 Å². The van der Waals surface area contributed by atoms with E-state index in [0.717, 1.165) is 16.9 Å². The van der Waals surface area contributed by atoms with Crippen LogP contribution in [0.2, 0.25) is 0 Å². The van der Waals surface area contributed by atoms with Crippen molar-refractivity contribution in [1.29, 1.82) is 0 Å². The average Bonchev–Trinajstić information content (AvgIpc) is 3.12. The van der Waals surface area contributed by atoms with Gasteiger partial charge in [0.25, 0.3) is 0 Å². The van der Waals surface area contributed by atoms with E-state index in [-0.39, 0.29) is 23.7 Å². The van der Waals surface area contributed by atoms with Crippen molar-refractivity contribution in [2.24, 2.45) is 0 Å². The molecule has 0 saturated heterocycles. The molecule has 0 unspecified atom stereocenters. The number of aromatic nitrogens is 3. The fraction of sp³-hybridized carbons (Fsp3) is 0.556. The molecule has 0 radical (unpaired) electrons. The van der Waals surface area contributed by atoms with Crippen molar-refractivity contribution in [2.45, 2.75) is 58.5 Å². The number of ether oxygens (including phenoxy) is 1. The van der Waals surface area contributed by atoms with Crippen molar-refractivity contribution in [3.63, 3.8) is 0 Å². The maximum atomic E-state index is 12.5. The average molecular weight is 426 g/mol. The van der Waals surface area contributed by atoms with Gasteiger partial charge in [-0.2, -0.15) is 0 Å². The normalized spacial score (nSPS) is 11.5. The number of nitrogens with zero attached hydrogens (tertiary/aromatic N) is 3. The van der Waals surface area contributed by atoms with Crippen molar-refractivity contribution < 1.29 is 14.3 Å². The molecule has 28 heavy (non-hydrogen) atoms. The smallest absolute Gasteiger partial charge is 0.341 e. The molecule has 0 atom stereocenters. The number of anilines is 1. The van der Waals surface area contributed by atoms with E-state index >= 15 is 0 Å². The number of carbonyl (C=O) groups is 2. The number of esters is 1. The molecule has 10 heteroatoms. The summed E-state index contributed by atoms with van der Waals surface area (Å²) >= 11 is 2.59. The minimum atomic E-state index is -0.421. The summed E-state index contributed by atoms with van der Waals surface area (Å²) in [5.74, 6) is 6.11. The van der Waals surface area contributed by atoms with E-state index in [9.17, 15) is 9.59 Å². The van der Waals surface area contributed by atoms with Gasteiger partial charge in [-0.3, -0.25) is 4.79 Å². The molecular weight excluding hydrogens is 398 g/mol. The molecule has 0 aliphatic rings. The third-order valence-corrected chi connectivity index (χ3v) is 6.26. The highest BCUT2D eigenvalue weighted by Gasteiger charge is 2.25. The zero-order valence-corrected chi connectivity index (χ0v) is 18.7.